The maximum Gasteiger partial charge on any atom is 0.108 e. The van der Waals surface area contributed by atoms with E-state index in [1.54, 1.807) is 0 Å². The molecule has 0 aliphatic rings. The van der Waals surface area contributed by atoms with Gasteiger partial charge in [0.25, 0.3) is 0 Å². The summed E-state index contributed by atoms with van der Waals surface area (Å²) in [5.41, 5.74) is 11.4. The van der Waals surface area contributed by atoms with Gasteiger partial charge in [-0.15, -0.1) is 0 Å². The van der Waals surface area contributed by atoms with E-state index in [9.17, 15) is 0 Å². The second-order valence-corrected chi connectivity index (χ2v) is 10.4. The zero-order chi connectivity index (χ0) is 22.6. The van der Waals surface area contributed by atoms with Crippen LogP contribution in [0.4, 0.5) is 0 Å². The summed E-state index contributed by atoms with van der Waals surface area (Å²) in [4.78, 5) is 13.0. The van der Waals surface area contributed by atoms with Gasteiger partial charge in [-0.2, -0.15) is 0 Å². The van der Waals surface area contributed by atoms with Crippen molar-refractivity contribution in [3.05, 3.63) is 0 Å². The van der Waals surface area contributed by atoms with Crippen molar-refractivity contribution in [1.29, 1.82) is 0 Å². The van der Waals surface area contributed by atoms with Gasteiger partial charge >= 0.3 is 0 Å². The van der Waals surface area contributed by atoms with Crippen molar-refractivity contribution in [2.24, 2.45) is 46.0 Å². The molecule has 0 aliphatic heterocycles. The quantitative estimate of drug-likeness (QED) is 0.303. The molecule has 0 heterocycles. The lowest BCUT2D eigenvalue weighted by Crippen LogP contribution is -2.62. The first-order valence-electron chi connectivity index (χ1n) is 11.5. The second-order valence-electron chi connectivity index (χ2n) is 10.4. The molecule has 0 bridgehead atoms. The molecule has 0 saturated heterocycles. The highest BCUT2D eigenvalue weighted by atomic mass is 17.2. The van der Waals surface area contributed by atoms with Crippen LogP contribution in [0.25, 0.3) is 0 Å². The van der Waals surface area contributed by atoms with E-state index in [0.717, 1.165) is 12.8 Å². The van der Waals surface area contributed by atoms with Crippen molar-refractivity contribution < 1.29 is 9.78 Å². The van der Waals surface area contributed by atoms with E-state index < -0.39 is 11.2 Å². The maximum atomic E-state index is 6.49. The zero-order valence-electron chi connectivity index (χ0n) is 21.1. The van der Waals surface area contributed by atoms with Crippen LogP contribution < -0.4 is 11.5 Å². The molecule has 0 amide bonds. The molecular formula is C24H52N2O2. The highest BCUT2D eigenvalue weighted by Gasteiger charge is 2.56. The van der Waals surface area contributed by atoms with E-state index in [1.807, 2.05) is 0 Å². The molecule has 0 spiro atoms. The summed E-state index contributed by atoms with van der Waals surface area (Å²) in [5.74, 6) is 1.48. The predicted molar refractivity (Wildman–Crippen MR) is 122 cm³/mol. The monoisotopic (exact) mass is 400 g/mol. The van der Waals surface area contributed by atoms with Crippen LogP contribution in [-0.2, 0) is 9.78 Å². The molecule has 0 aromatic carbocycles. The minimum Gasteiger partial charge on any atom is -0.330 e. The number of rotatable bonds is 13. The third kappa shape index (κ3) is 4.31. The molecule has 0 aromatic rings. The second kappa shape index (κ2) is 10.2. The summed E-state index contributed by atoms with van der Waals surface area (Å²) in [5, 5.41) is 0. The highest BCUT2D eigenvalue weighted by Crippen LogP contribution is 2.52. The lowest BCUT2D eigenvalue weighted by atomic mass is 9.58. The van der Waals surface area contributed by atoms with Gasteiger partial charge in [-0.3, -0.25) is 0 Å². The standard InChI is InChI=1S/C24H52N2O2/c1-13-21(11,23(15-25,17(3)4)18(5)6)27-28-22(12,14-2)24(16-26,19(7)8)20(9)10/h17-20H,13-16,25-26H2,1-12H3. The van der Waals surface area contributed by atoms with Crippen LogP contribution in [0.5, 0.6) is 0 Å². The maximum absolute atomic E-state index is 6.49. The lowest BCUT2D eigenvalue weighted by molar-refractivity contribution is -0.454. The largest absolute Gasteiger partial charge is 0.330 e. The Balaban J connectivity index is 6.21. The first kappa shape index (κ1) is 27.8. The van der Waals surface area contributed by atoms with Gasteiger partial charge in [0.1, 0.15) is 11.2 Å². The van der Waals surface area contributed by atoms with Crippen LogP contribution in [0, 0.1) is 34.5 Å². The number of nitrogens with two attached hydrogens (primary N) is 2. The smallest absolute Gasteiger partial charge is 0.108 e. The van der Waals surface area contributed by atoms with Gasteiger partial charge in [-0.05, 0) is 50.4 Å². The van der Waals surface area contributed by atoms with Crippen LogP contribution in [0.1, 0.15) is 95.9 Å². The molecule has 2 atom stereocenters. The topological polar surface area (TPSA) is 70.5 Å². The van der Waals surface area contributed by atoms with Gasteiger partial charge in [0.2, 0.25) is 0 Å². The Kier molecular flexibility index (Phi) is 10.2. The summed E-state index contributed by atoms with van der Waals surface area (Å²) in [6, 6.07) is 0. The summed E-state index contributed by atoms with van der Waals surface area (Å²) in [6.07, 6.45) is 1.67. The fourth-order valence-electron chi connectivity index (χ4n) is 6.27. The molecular weight excluding hydrogens is 348 g/mol. The Morgan fingerprint density at radius 1 is 0.571 bits per heavy atom. The average molecular weight is 401 g/mol. The fraction of sp³-hybridized carbons (Fsp3) is 1.00. The fourth-order valence-corrected chi connectivity index (χ4v) is 6.27. The first-order valence-corrected chi connectivity index (χ1v) is 11.5. The van der Waals surface area contributed by atoms with Crippen LogP contribution in [0.3, 0.4) is 0 Å². The van der Waals surface area contributed by atoms with Crippen LogP contribution >= 0.6 is 0 Å². The Morgan fingerprint density at radius 3 is 0.893 bits per heavy atom. The van der Waals surface area contributed by atoms with Crippen molar-refractivity contribution in [3.8, 4) is 0 Å². The Morgan fingerprint density at radius 2 is 0.786 bits per heavy atom. The zero-order valence-corrected chi connectivity index (χ0v) is 21.1. The Bertz CT molecular complexity index is 404. The summed E-state index contributed by atoms with van der Waals surface area (Å²) < 4.78 is 0. The van der Waals surface area contributed by atoms with Crippen molar-refractivity contribution >= 4 is 0 Å². The molecule has 0 radical (unpaired) electrons. The average Bonchev–Trinajstić information content (AvgIpc) is 2.60. The van der Waals surface area contributed by atoms with Gasteiger partial charge in [0, 0.05) is 23.9 Å². The van der Waals surface area contributed by atoms with Crippen molar-refractivity contribution in [1.82, 2.24) is 0 Å². The molecule has 170 valence electrons. The van der Waals surface area contributed by atoms with Crippen molar-refractivity contribution in [2.45, 2.75) is 107 Å². The molecule has 28 heavy (non-hydrogen) atoms. The number of hydrogen-bond donors (Lipinski definition) is 2. The van der Waals surface area contributed by atoms with Crippen molar-refractivity contribution in [3.63, 3.8) is 0 Å². The van der Waals surface area contributed by atoms with Crippen LogP contribution in [0.2, 0.25) is 0 Å². The number of hydrogen-bond acceptors (Lipinski definition) is 4. The minimum absolute atomic E-state index is 0.183. The summed E-state index contributed by atoms with van der Waals surface area (Å²) in [7, 11) is 0. The Hall–Kier alpha value is -0.160. The van der Waals surface area contributed by atoms with Crippen LogP contribution in [-0.4, -0.2) is 24.3 Å². The van der Waals surface area contributed by atoms with E-state index >= 15 is 0 Å². The van der Waals surface area contributed by atoms with Crippen LogP contribution in [0.15, 0.2) is 0 Å². The molecule has 4 nitrogen and oxygen atoms in total. The predicted octanol–water partition coefficient (Wildman–Crippen LogP) is 5.79. The SMILES string of the molecule is CCC(C)(OOC(C)(CC)C(CN)(C(C)C)C(C)C)C(CN)(C(C)C)C(C)C. The normalized spacial score (nSPS) is 18.2. The lowest BCUT2D eigenvalue weighted by Gasteiger charge is -2.56. The minimum atomic E-state index is -0.491. The molecule has 0 fully saturated rings. The van der Waals surface area contributed by atoms with Gasteiger partial charge in [0.05, 0.1) is 0 Å². The van der Waals surface area contributed by atoms with E-state index in [4.69, 9.17) is 21.2 Å². The van der Waals surface area contributed by atoms with E-state index in [-0.39, 0.29) is 10.8 Å². The molecule has 4 N–H and O–H groups in total. The summed E-state index contributed by atoms with van der Waals surface area (Å²) >= 11 is 0. The third-order valence-electron chi connectivity index (χ3n) is 8.52. The Labute approximate surface area is 176 Å². The summed E-state index contributed by atoms with van der Waals surface area (Å²) in [6.45, 7) is 27.8. The van der Waals surface area contributed by atoms with Gasteiger partial charge in [-0.25, -0.2) is 9.78 Å². The van der Waals surface area contributed by atoms with Crippen molar-refractivity contribution in [2.75, 3.05) is 13.1 Å². The van der Waals surface area contributed by atoms with Gasteiger partial charge in [0.15, 0.2) is 0 Å². The van der Waals surface area contributed by atoms with Gasteiger partial charge in [-0.1, -0.05) is 69.2 Å². The highest BCUT2D eigenvalue weighted by molar-refractivity contribution is 5.03. The third-order valence-corrected chi connectivity index (χ3v) is 8.52. The van der Waals surface area contributed by atoms with Gasteiger partial charge < -0.3 is 11.5 Å². The molecule has 0 aromatic heterocycles. The van der Waals surface area contributed by atoms with E-state index in [2.05, 4.69) is 83.1 Å². The molecule has 0 rings (SSSR count). The molecule has 4 heteroatoms. The first-order chi connectivity index (χ1) is 12.7. The molecule has 2 unspecified atom stereocenters. The van der Waals surface area contributed by atoms with E-state index in [1.165, 1.54) is 0 Å². The molecule has 0 saturated carbocycles. The molecule has 0 aliphatic carbocycles. The van der Waals surface area contributed by atoms with E-state index in [0.29, 0.717) is 36.8 Å².